The molecule has 1 aliphatic heterocycles. The van der Waals surface area contributed by atoms with Gasteiger partial charge in [-0.05, 0) is 73.0 Å². The van der Waals surface area contributed by atoms with Crippen LogP contribution in [0.25, 0.3) is 10.8 Å². The zero-order valence-corrected chi connectivity index (χ0v) is 24.0. The minimum Gasteiger partial charge on any atom is -0.450 e. The highest BCUT2D eigenvalue weighted by Crippen LogP contribution is 2.73. The highest BCUT2D eigenvalue weighted by molar-refractivity contribution is 6.02. The zero-order chi connectivity index (χ0) is 28.4. The molecule has 212 valence electrons. The number of carbonyl (C=O) groups is 1. The van der Waals surface area contributed by atoms with Crippen molar-refractivity contribution in [3.63, 3.8) is 0 Å². The van der Waals surface area contributed by atoms with E-state index in [-0.39, 0.29) is 35.5 Å². The number of aromatic nitrogens is 1. The lowest BCUT2D eigenvalue weighted by atomic mass is 9.58. The molecule has 1 aromatic carbocycles. The van der Waals surface area contributed by atoms with E-state index in [1.807, 2.05) is 57.2 Å². The summed E-state index contributed by atoms with van der Waals surface area (Å²) < 4.78 is 18.9. The van der Waals surface area contributed by atoms with Crippen LogP contribution in [0.5, 0.6) is 0 Å². The first-order chi connectivity index (χ1) is 18.8. The van der Waals surface area contributed by atoms with Crippen LogP contribution in [-0.4, -0.2) is 57.5 Å². The minimum absolute atomic E-state index is 0.0927. The van der Waals surface area contributed by atoms with Crippen LogP contribution < -0.4 is 0 Å². The maximum atomic E-state index is 13.8. The van der Waals surface area contributed by atoms with Crippen molar-refractivity contribution in [2.45, 2.75) is 77.7 Å². The van der Waals surface area contributed by atoms with Gasteiger partial charge in [0.1, 0.15) is 11.7 Å². The van der Waals surface area contributed by atoms with E-state index in [1.54, 1.807) is 6.20 Å². The molecule has 2 heterocycles. The Morgan fingerprint density at radius 1 is 1.15 bits per heavy atom. The Kier molecular flexibility index (Phi) is 5.43. The van der Waals surface area contributed by atoms with Gasteiger partial charge in [0, 0.05) is 17.5 Å². The predicted molar refractivity (Wildman–Crippen MR) is 149 cm³/mol. The van der Waals surface area contributed by atoms with Crippen molar-refractivity contribution in [2.75, 3.05) is 6.61 Å². The fourth-order valence-electron chi connectivity index (χ4n) is 9.05. The Bertz CT molecular complexity index is 1470. The maximum absolute atomic E-state index is 13.8. The quantitative estimate of drug-likeness (QED) is 0.413. The summed E-state index contributed by atoms with van der Waals surface area (Å²) in [5, 5.41) is 27.2. The Morgan fingerprint density at radius 3 is 2.67 bits per heavy atom. The van der Waals surface area contributed by atoms with Gasteiger partial charge in [-0.25, -0.2) is 9.78 Å². The van der Waals surface area contributed by atoms with Crippen LogP contribution in [0.1, 0.15) is 58.5 Å². The molecule has 2 aromatic rings. The third-order valence-electron chi connectivity index (χ3n) is 11.0. The highest BCUT2D eigenvalue weighted by atomic mass is 16.7. The molecule has 7 nitrogen and oxygen atoms in total. The molecule has 2 saturated carbocycles. The number of rotatable bonds is 2. The van der Waals surface area contributed by atoms with E-state index in [0.717, 1.165) is 17.4 Å². The molecule has 1 spiro atoms. The summed E-state index contributed by atoms with van der Waals surface area (Å²) in [5.74, 6) is -1.14. The molecule has 9 atom stereocenters. The average Bonchev–Trinajstić information content (AvgIpc) is 3.40. The normalized spacial score (nSPS) is 42.4. The Balaban J connectivity index is 1.38. The molecular weight excluding hydrogens is 506 g/mol. The van der Waals surface area contributed by atoms with Gasteiger partial charge in [-0.15, -0.1) is 0 Å². The molecule has 40 heavy (non-hydrogen) atoms. The summed E-state index contributed by atoms with van der Waals surface area (Å²) in [5.41, 5.74) is -1.03. The molecule has 2 bridgehead atoms. The van der Waals surface area contributed by atoms with Crippen molar-refractivity contribution < 1.29 is 29.2 Å². The molecule has 1 aromatic heterocycles. The smallest absolute Gasteiger partial charge is 0.358 e. The topological polar surface area (TPSA) is 98.1 Å². The summed E-state index contributed by atoms with van der Waals surface area (Å²) in [4.78, 5) is 18.2. The number of esters is 1. The lowest BCUT2D eigenvalue weighted by Crippen LogP contribution is -2.69. The first-order valence-corrected chi connectivity index (χ1v) is 14.5. The largest absolute Gasteiger partial charge is 0.450 e. The van der Waals surface area contributed by atoms with Crippen molar-refractivity contribution in [3.8, 4) is 0 Å². The van der Waals surface area contributed by atoms with Crippen molar-refractivity contribution in [1.82, 2.24) is 4.98 Å². The molecule has 2 N–H and O–H groups in total. The van der Waals surface area contributed by atoms with Crippen LogP contribution in [0.3, 0.4) is 0 Å². The molecule has 7 heteroatoms. The predicted octanol–water partition coefficient (Wildman–Crippen LogP) is 4.82. The minimum atomic E-state index is -1.75. The number of hydrogen-bond acceptors (Lipinski definition) is 7. The monoisotopic (exact) mass is 545 g/mol. The van der Waals surface area contributed by atoms with Crippen LogP contribution in [0.2, 0.25) is 0 Å². The van der Waals surface area contributed by atoms with E-state index in [9.17, 15) is 15.0 Å². The van der Waals surface area contributed by atoms with Crippen LogP contribution >= 0.6 is 0 Å². The summed E-state index contributed by atoms with van der Waals surface area (Å²) in [7, 11) is 0. The summed E-state index contributed by atoms with van der Waals surface area (Å²) in [6.07, 6.45) is 3.82. The number of carbonyl (C=O) groups excluding carboxylic acids is 1. The standard InChI is InChI=1S/C33H39NO6/c1-17-15-32-18(2)13-23-24(30(23,3)4)22(26(32)35)14-20-16-38-31(5,6)40-28(20)33(32,37)27(17)39-29(36)25-21-10-8-7-9-19(21)11-12-34-25/h7-12,14-15,18,22-24,26-28,35,37H,13,16H2,1-6H3/t18-,22+,23-,24+,26?,27+,28-,32+,33-/m1/s1. The van der Waals surface area contributed by atoms with Crippen LogP contribution in [-0.2, 0) is 14.2 Å². The van der Waals surface area contributed by atoms with Gasteiger partial charge in [-0.1, -0.05) is 57.2 Å². The number of aliphatic hydroxyl groups is 2. The van der Waals surface area contributed by atoms with Crippen LogP contribution in [0, 0.1) is 34.5 Å². The Morgan fingerprint density at radius 2 is 1.90 bits per heavy atom. The van der Waals surface area contributed by atoms with Crippen molar-refractivity contribution >= 4 is 16.7 Å². The molecule has 5 aliphatic rings. The van der Waals surface area contributed by atoms with E-state index in [1.165, 1.54) is 0 Å². The number of aliphatic hydroxyl groups excluding tert-OH is 1. The first kappa shape index (κ1) is 26.3. The summed E-state index contributed by atoms with van der Waals surface area (Å²) in [6, 6.07) is 9.40. The van der Waals surface area contributed by atoms with Gasteiger partial charge in [-0.3, -0.25) is 0 Å². The maximum Gasteiger partial charge on any atom is 0.358 e. The van der Waals surface area contributed by atoms with E-state index >= 15 is 0 Å². The molecular formula is C33H39NO6. The Hall–Kier alpha value is -2.58. The Labute approximate surface area is 235 Å². The van der Waals surface area contributed by atoms with E-state index in [0.29, 0.717) is 16.9 Å². The van der Waals surface area contributed by atoms with Gasteiger partial charge in [-0.2, -0.15) is 0 Å². The van der Waals surface area contributed by atoms with Gasteiger partial charge in [0.2, 0.25) is 0 Å². The second-order valence-electron chi connectivity index (χ2n) is 13.9. The number of pyridine rings is 1. The zero-order valence-electron chi connectivity index (χ0n) is 24.0. The second-order valence-corrected chi connectivity index (χ2v) is 13.9. The highest BCUT2D eigenvalue weighted by Gasteiger charge is 2.77. The van der Waals surface area contributed by atoms with Gasteiger partial charge in [0.15, 0.2) is 17.6 Å². The van der Waals surface area contributed by atoms with Crippen molar-refractivity contribution in [1.29, 1.82) is 0 Å². The van der Waals surface area contributed by atoms with Crippen LogP contribution in [0.15, 0.2) is 59.8 Å². The summed E-state index contributed by atoms with van der Waals surface area (Å²) >= 11 is 0. The second kappa shape index (κ2) is 8.25. The van der Waals surface area contributed by atoms with Gasteiger partial charge in [0.05, 0.1) is 18.1 Å². The van der Waals surface area contributed by atoms with E-state index in [2.05, 4.69) is 31.8 Å². The number of nitrogens with zero attached hydrogens (tertiary/aromatic N) is 1. The number of hydrogen-bond donors (Lipinski definition) is 2. The van der Waals surface area contributed by atoms with Crippen molar-refractivity contribution in [2.24, 2.45) is 34.5 Å². The molecule has 3 fully saturated rings. The third kappa shape index (κ3) is 3.26. The third-order valence-corrected chi connectivity index (χ3v) is 11.0. The lowest BCUT2D eigenvalue weighted by Gasteiger charge is -2.55. The van der Waals surface area contributed by atoms with Crippen LogP contribution in [0.4, 0.5) is 0 Å². The summed E-state index contributed by atoms with van der Waals surface area (Å²) in [6.45, 7) is 12.5. The van der Waals surface area contributed by atoms with E-state index in [4.69, 9.17) is 14.2 Å². The number of benzene rings is 1. The number of fused-ring (bicyclic) bond motifs is 6. The fraction of sp³-hybridized carbons (Fsp3) is 0.576. The molecule has 7 rings (SSSR count). The van der Waals surface area contributed by atoms with Gasteiger partial charge >= 0.3 is 5.97 Å². The molecule has 4 aliphatic carbocycles. The SMILES string of the molecule is CC1=C[C@]23C(O)[C@@H](C=C4COC(C)(C)O[C@H]4[C@]2(O)[C@H]1OC(=O)c1nccc2ccccc12)[C@H]1[C@@H](C[C@H]3C)C1(C)C. The van der Waals surface area contributed by atoms with Crippen molar-refractivity contribution in [3.05, 3.63) is 65.5 Å². The lowest BCUT2D eigenvalue weighted by molar-refractivity contribution is -0.312. The fourth-order valence-corrected chi connectivity index (χ4v) is 9.05. The number of ether oxygens (including phenoxy) is 3. The molecule has 0 amide bonds. The average molecular weight is 546 g/mol. The molecule has 1 saturated heterocycles. The molecule has 1 unspecified atom stereocenters. The van der Waals surface area contributed by atoms with Gasteiger partial charge < -0.3 is 24.4 Å². The van der Waals surface area contributed by atoms with E-state index < -0.39 is 41.1 Å². The first-order valence-electron chi connectivity index (χ1n) is 14.5. The van der Waals surface area contributed by atoms with Gasteiger partial charge in [0.25, 0.3) is 0 Å². The molecule has 0 radical (unpaired) electrons.